The fraction of sp³-hybridized carbons (Fsp3) is 0.273. The molecule has 0 aromatic carbocycles. The second-order valence-electron chi connectivity index (χ2n) is 3.24. The van der Waals surface area contributed by atoms with Gasteiger partial charge in [-0.05, 0) is 18.6 Å². The number of halogens is 1. The topological polar surface area (TPSA) is 20.5 Å². The van der Waals surface area contributed by atoms with Gasteiger partial charge in [-0.3, -0.25) is 0 Å². The van der Waals surface area contributed by atoms with Gasteiger partial charge in [0.15, 0.2) is 6.20 Å². The van der Waals surface area contributed by atoms with Crippen molar-refractivity contribution in [3.8, 4) is 0 Å². The Labute approximate surface area is 94.8 Å². The van der Waals surface area contributed by atoms with E-state index < -0.39 is 0 Å². The van der Waals surface area contributed by atoms with Gasteiger partial charge in [0.05, 0.1) is 6.57 Å². The molecule has 0 spiro atoms. The number of nitrogens with zero attached hydrogens (tertiary/aromatic N) is 3. The number of rotatable bonds is 3. The standard InChI is InChI=1S/C11H12ClN3/c1-9(6-13-2)15(3)8-10-4-5-11(12)14-7-10/h4-7H,8H2,1,3H3/b9-6+. The first-order valence-corrected chi connectivity index (χ1v) is 4.86. The van der Waals surface area contributed by atoms with Crippen LogP contribution in [0.4, 0.5) is 0 Å². The van der Waals surface area contributed by atoms with Crippen LogP contribution in [0.1, 0.15) is 12.5 Å². The fourth-order valence-corrected chi connectivity index (χ4v) is 1.20. The maximum Gasteiger partial charge on any atom is 0.172 e. The minimum absolute atomic E-state index is 0.495. The molecule has 1 aromatic heterocycles. The van der Waals surface area contributed by atoms with Crippen LogP contribution in [0.25, 0.3) is 4.85 Å². The lowest BCUT2D eigenvalue weighted by molar-refractivity contribution is 0.412. The minimum atomic E-state index is 0.495. The summed E-state index contributed by atoms with van der Waals surface area (Å²) < 4.78 is 0. The summed E-state index contributed by atoms with van der Waals surface area (Å²) in [6.45, 7) is 9.35. The summed E-state index contributed by atoms with van der Waals surface area (Å²) in [6, 6.07) is 3.69. The van der Waals surface area contributed by atoms with Crippen LogP contribution in [-0.2, 0) is 6.54 Å². The lowest BCUT2D eigenvalue weighted by Gasteiger charge is -2.19. The molecule has 78 valence electrons. The van der Waals surface area contributed by atoms with Crippen molar-refractivity contribution in [2.45, 2.75) is 13.5 Å². The normalized spacial score (nSPS) is 10.9. The van der Waals surface area contributed by atoms with Gasteiger partial charge in [-0.2, -0.15) is 0 Å². The van der Waals surface area contributed by atoms with Crippen molar-refractivity contribution in [3.63, 3.8) is 0 Å². The van der Waals surface area contributed by atoms with Crippen molar-refractivity contribution in [2.24, 2.45) is 0 Å². The molecule has 15 heavy (non-hydrogen) atoms. The molecule has 0 radical (unpaired) electrons. The molecule has 0 amide bonds. The van der Waals surface area contributed by atoms with Crippen LogP contribution in [0, 0.1) is 6.57 Å². The molecule has 0 saturated carbocycles. The van der Waals surface area contributed by atoms with E-state index in [0.717, 1.165) is 17.8 Å². The van der Waals surface area contributed by atoms with Gasteiger partial charge < -0.3 is 4.90 Å². The lowest BCUT2D eigenvalue weighted by Crippen LogP contribution is -2.15. The van der Waals surface area contributed by atoms with E-state index in [0.29, 0.717) is 5.15 Å². The van der Waals surface area contributed by atoms with E-state index in [2.05, 4.69) is 9.83 Å². The van der Waals surface area contributed by atoms with E-state index in [4.69, 9.17) is 18.2 Å². The molecule has 0 unspecified atom stereocenters. The third-order valence-electron chi connectivity index (χ3n) is 2.06. The summed E-state index contributed by atoms with van der Waals surface area (Å²) in [5.41, 5.74) is 2.00. The molecule has 0 N–H and O–H groups in total. The number of allylic oxidation sites excluding steroid dienone is 1. The first-order chi connectivity index (χ1) is 7.13. The summed E-state index contributed by atoms with van der Waals surface area (Å²) in [6.07, 6.45) is 3.24. The highest BCUT2D eigenvalue weighted by atomic mass is 35.5. The maximum absolute atomic E-state index is 6.73. The van der Waals surface area contributed by atoms with E-state index in [1.165, 1.54) is 6.20 Å². The van der Waals surface area contributed by atoms with E-state index in [1.807, 2.05) is 24.9 Å². The van der Waals surface area contributed by atoms with E-state index in [-0.39, 0.29) is 0 Å². The minimum Gasteiger partial charge on any atom is -0.383 e. The van der Waals surface area contributed by atoms with Gasteiger partial charge in [-0.25, -0.2) is 9.83 Å². The Bertz CT molecular complexity index is 389. The number of aromatic nitrogens is 1. The third-order valence-corrected chi connectivity index (χ3v) is 2.29. The average molecular weight is 222 g/mol. The average Bonchev–Trinajstić information content (AvgIpc) is 2.22. The molecule has 0 aliphatic rings. The first-order valence-electron chi connectivity index (χ1n) is 4.48. The van der Waals surface area contributed by atoms with Gasteiger partial charge in [0.25, 0.3) is 0 Å². The second-order valence-corrected chi connectivity index (χ2v) is 3.63. The van der Waals surface area contributed by atoms with Crippen LogP contribution in [0.2, 0.25) is 5.15 Å². The molecule has 0 saturated heterocycles. The molecule has 0 atom stereocenters. The Morgan fingerprint density at radius 2 is 2.40 bits per heavy atom. The highest BCUT2D eigenvalue weighted by molar-refractivity contribution is 6.29. The van der Waals surface area contributed by atoms with Gasteiger partial charge in [-0.15, -0.1) is 0 Å². The van der Waals surface area contributed by atoms with Gasteiger partial charge >= 0.3 is 0 Å². The van der Waals surface area contributed by atoms with Crippen molar-refractivity contribution in [1.29, 1.82) is 0 Å². The Morgan fingerprint density at radius 3 is 2.93 bits per heavy atom. The molecule has 0 bridgehead atoms. The van der Waals surface area contributed by atoms with Gasteiger partial charge in [0.2, 0.25) is 0 Å². The summed E-state index contributed by atoms with van der Waals surface area (Å²) in [4.78, 5) is 9.21. The number of pyridine rings is 1. The van der Waals surface area contributed by atoms with E-state index in [9.17, 15) is 0 Å². The van der Waals surface area contributed by atoms with E-state index in [1.54, 1.807) is 12.3 Å². The van der Waals surface area contributed by atoms with Crippen molar-refractivity contribution in [2.75, 3.05) is 7.05 Å². The zero-order chi connectivity index (χ0) is 11.3. The number of hydrogen-bond donors (Lipinski definition) is 0. The zero-order valence-corrected chi connectivity index (χ0v) is 9.49. The predicted octanol–water partition coefficient (Wildman–Crippen LogP) is 2.95. The monoisotopic (exact) mass is 221 g/mol. The van der Waals surface area contributed by atoms with Gasteiger partial charge in [-0.1, -0.05) is 17.7 Å². The SMILES string of the molecule is [C-]#[N+]/C=C(\C)N(C)Cc1ccc(Cl)nc1. The Hall–Kier alpha value is -1.53. The quantitative estimate of drug-likeness (QED) is 0.578. The smallest absolute Gasteiger partial charge is 0.172 e. The summed E-state index contributed by atoms with van der Waals surface area (Å²) >= 11 is 5.68. The van der Waals surface area contributed by atoms with Crippen molar-refractivity contribution in [3.05, 3.63) is 52.4 Å². The van der Waals surface area contributed by atoms with Crippen LogP contribution in [0.15, 0.2) is 30.2 Å². The molecule has 1 rings (SSSR count). The molecule has 0 aliphatic carbocycles. The van der Waals surface area contributed by atoms with Crippen LogP contribution < -0.4 is 0 Å². The molecule has 1 heterocycles. The predicted molar refractivity (Wildman–Crippen MR) is 61.1 cm³/mol. The Morgan fingerprint density at radius 1 is 1.67 bits per heavy atom. The summed E-state index contributed by atoms with van der Waals surface area (Å²) in [5.74, 6) is 0. The molecule has 3 nitrogen and oxygen atoms in total. The highest BCUT2D eigenvalue weighted by Gasteiger charge is 2.00. The molecule has 0 aliphatic heterocycles. The highest BCUT2D eigenvalue weighted by Crippen LogP contribution is 2.10. The second kappa shape index (κ2) is 5.38. The van der Waals surface area contributed by atoms with Gasteiger partial charge in [0.1, 0.15) is 5.15 Å². The maximum atomic E-state index is 6.73. The largest absolute Gasteiger partial charge is 0.383 e. The Kier molecular flexibility index (Phi) is 4.14. The molecule has 0 fully saturated rings. The van der Waals surface area contributed by atoms with Gasteiger partial charge in [0, 0.05) is 25.5 Å². The van der Waals surface area contributed by atoms with E-state index >= 15 is 0 Å². The van der Waals surface area contributed by atoms with Crippen LogP contribution >= 0.6 is 11.6 Å². The third kappa shape index (κ3) is 3.61. The summed E-state index contributed by atoms with van der Waals surface area (Å²) in [7, 11) is 1.94. The molecular weight excluding hydrogens is 210 g/mol. The van der Waals surface area contributed by atoms with Crippen LogP contribution in [-0.4, -0.2) is 16.9 Å². The van der Waals surface area contributed by atoms with Crippen molar-refractivity contribution >= 4 is 11.6 Å². The summed E-state index contributed by atoms with van der Waals surface area (Å²) in [5, 5.41) is 0.495. The fourth-order valence-electron chi connectivity index (χ4n) is 1.09. The Balaban J connectivity index is 2.67. The molecule has 4 heteroatoms. The lowest BCUT2D eigenvalue weighted by atomic mass is 10.2. The zero-order valence-electron chi connectivity index (χ0n) is 8.74. The first kappa shape index (κ1) is 11.5. The van der Waals surface area contributed by atoms with Crippen LogP contribution in [0.3, 0.4) is 0 Å². The van der Waals surface area contributed by atoms with Crippen molar-refractivity contribution in [1.82, 2.24) is 9.88 Å². The molecular formula is C11H12ClN3. The van der Waals surface area contributed by atoms with Crippen molar-refractivity contribution < 1.29 is 0 Å². The van der Waals surface area contributed by atoms with Crippen LogP contribution in [0.5, 0.6) is 0 Å². The number of hydrogen-bond acceptors (Lipinski definition) is 2. The molecule has 1 aromatic rings.